The number of aromatic amines is 1. The molecule has 0 radical (unpaired) electrons. The smallest absolute Gasteiger partial charge is 0.343 e. The molecule has 3 heterocycles. The number of aromatic nitrogens is 5. The maximum absolute atomic E-state index is 12.9. The topological polar surface area (TPSA) is 132 Å². The first kappa shape index (κ1) is 22.9. The van der Waals surface area contributed by atoms with Gasteiger partial charge in [0, 0.05) is 18.2 Å². The van der Waals surface area contributed by atoms with Gasteiger partial charge in [0.1, 0.15) is 11.3 Å². The van der Waals surface area contributed by atoms with Crippen LogP contribution in [0.4, 0.5) is 5.82 Å². The van der Waals surface area contributed by atoms with E-state index in [9.17, 15) is 14.4 Å². The van der Waals surface area contributed by atoms with E-state index in [0.29, 0.717) is 16.9 Å². The number of carbonyl (C=O) groups excluding carboxylic acids is 2. The number of carbonyl (C=O) groups is 2. The normalized spacial score (nSPS) is 11.0. The molecule has 2 N–H and O–H groups in total. The quantitative estimate of drug-likeness (QED) is 0.340. The Bertz CT molecular complexity index is 1660. The number of nitrogens with zero attached hydrogens (tertiary/aromatic N) is 4. The summed E-state index contributed by atoms with van der Waals surface area (Å²) in [4.78, 5) is 49.6. The van der Waals surface area contributed by atoms with Crippen LogP contribution in [-0.4, -0.2) is 43.2 Å². The molecule has 5 aromatic rings. The van der Waals surface area contributed by atoms with Gasteiger partial charge in [0.25, 0.3) is 5.56 Å². The lowest BCUT2D eigenvalue weighted by Crippen LogP contribution is -2.21. The van der Waals surface area contributed by atoms with Crippen LogP contribution in [0.5, 0.6) is 0 Å². The minimum atomic E-state index is -0.618. The molecular weight excluding hydrogens is 460 g/mol. The zero-order valence-corrected chi connectivity index (χ0v) is 19.4. The summed E-state index contributed by atoms with van der Waals surface area (Å²) in [5.41, 5.74) is 2.00. The Morgan fingerprint density at radius 1 is 1.00 bits per heavy atom. The van der Waals surface area contributed by atoms with Crippen LogP contribution in [0.1, 0.15) is 29.4 Å². The molecule has 10 nitrogen and oxygen atoms in total. The number of hydrogen-bond acceptors (Lipinski definition) is 7. The lowest BCUT2D eigenvalue weighted by Gasteiger charge is -2.11. The number of fused-ring (bicyclic) bond motifs is 2. The number of H-pyrrole nitrogens is 1. The first-order valence-electron chi connectivity index (χ1n) is 11.4. The van der Waals surface area contributed by atoms with E-state index >= 15 is 0 Å². The van der Waals surface area contributed by atoms with E-state index in [1.165, 1.54) is 10.9 Å². The van der Waals surface area contributed by atoms with Crippen molar-refractivity contribution in [2.75, 3.05) is 11.9 Å². The second kappa shape index (κ2) is 9.79. The fraction of sp³-hybridized carbons (Fsp3) is 0.154. The van der Waals surface area contributed by atoms with Gasteiger partial charge < -0.3 is 15.0 Å². The molecule has 180 valence electrons. The monoisotopic (exact) mass is 482 g/mol. The van der Waals surface area contributed by atoms with E-state index in [1.807, 2.05) is 42.5 Å². The zero-order valence-electron chi connectivity index (χ0n) is 19.4. The summed E-state index contributed by atoms with van der Waals surface area (Å²) in [6.07, 6.45) is 1.41. The standard InChI is InChI=1S/C26H22N6O4/c1-2-36-26(35)17-15-27-32(22-13-11-16-7-3-4-8-18(16)29-22)24(17)31-23(33)14-12-21-25(34)30-20-10-6-5-9-19(20)28-21/h3-11,13,15H,2,12,14H2,1H3,(H,30,34)(H,31,33). The van der Waals surface area contributed by atoms with Gasteiger partial charge in [-0.05, 0) is 37.3 Å². The number of ether oxygens (including phenoxy) is 1. The molecule has 0 fully saturated rings. The van der Waals surface area contributed by atoms with Crippen LogP contribution in [0.25, 0.3) is 27.8 Å². The van der Waals surface area contributed by atoms with Gasteiger partial charge in [-0.2, -0.15) is 9.78 Å². The Morgan fingerprint density at radius 2 is 1.78 bits per heavy atom. The second-order valence-electron chi connectivity index (χ2n) is 7.98. The molecule has 2 aromatic carbocycles. The lowest BCUT2D eigenvalue weighted by atomic mass is 10.2. The number of hydrogen-bond donors (Lipinski definition) is 2. The van der Waals surface area contributed by atoms with Crippen molar-refractivity contribution < 1.29 is 14.3 Å². The highest BCUT2D eigenvalue weighted by Gasteiger charge is 2.22. The molecule has 10 heteroatoms. The molecule has 0 bridgehead atoms. The second-order valence-corrected chi connectivity index (χ2v) is 7.98. The van der Waals surface area contributed by atoms with E-state index in [0.717, 1.165) is 10.9 Å². The lowest BCUT2D eigenvalue weighted by molar-refractivity contribution is -0.116. The van der Waals surface area contributed by atoms with E-state index in [4.69, 9.17) is 4.74 Å². The average molecular weight is 483 g/mol. The van der Waals surface area contributed by atoms with Crippen molar-refractivity contribution >= 4 is 39.6 Å². The van der Waals surface area contributed by atoms with Crippen LogP contribution >= 0.6 is 0 Å². The number of pyridine rings is 1. The minimum absolute atomic E-state index is 0.0347. The summed E-state index contributed by atoms with van der Waals surface area (Å²) >= 11 is 0. The molecule has 0 saturated carbocycles. The highest BCUT2D eigenvalue weighted by Crippen LogP contribution is 2.23. The van der Waals surface area contributed by atoms with Gasteiger partial charge in [0.05, 0.1) is 29.4 Å². The maximum Gasteiger partial charge on any atom is 0.343 e. The first-order chi connectivity index (χ1) is 17.5. The molecule has 0 atom stereocenters. The predicted molar refractivity (Wildman–Crippen MR) is 134 cm³/mol. The summed E-state index contributed by atoms with van der Waals surface area (Å²) < 4.78 is 6.52. The number of para-hydroxylation sites is 3. The van der Waals surface area contributed by atoms with Gasteiger partial charge >= 0.3 is 5.97 Å². The summed E-state index contributed by atoms with van der Waals surface area (Å²) in [5, 5.41) is 7.98. The number of benzene rings is 2. The molecule has 0 unspecified atom stereocenters. The van der Waals surface area contributed by atoms with Crippen molar-refractivity contribution in [3.63, 3.8) is 0 Å². The first-order valence-corrected chi connectivity index (χ1v) is 11.4. The van der Waals surface area contributed by atoms with E-state index in [-0.39, 0.29) is 42.1 Å². The van der Waals surface area contributed by atoms with Gasteiger partial charge in [-0.3, -0.25) is 9.59 Å². The summed E-state index contributed by atoms with van der Waals surface area (Å²) in [6, 6.07) is 18.4. The van der Waals surface area contributed by atoms with E-state index < -0.39 is 11.9 Å². The molecule has 0 aliphatic heterocycles. The fourth-order valence-electron chi connectivity index (χ4n) is 3.84. The predicted octanol–water partition coefficient (Wildman–Crippen LogP) is 3.41. The Kier molecular flexibility index (Phi) is 6.23. The van der Waals surface area contributed by atoms with Crippen molar-refractivity contribution in [2.24, 2.45) is 0 Å². The molecule has 1 amide bonds. The fourth-order valence-corrected chi connectivity index (χ4v) is 3.84. The molecule has 0 aliphatic carbocycles. The SMILES string of the molecule is CCOC(=O)c1cnn(-c2ccc3ccccc3n2)c1NC(=O)CCc1nc2ccccc2[nH]c1=O. The number of nitrogens with one attached hydrogen (secondary N) is 2. The molecule has 36 heavy (non-hydrogen) atoms. The largest absolute Gasteiger partial charge is 0.462 e. The van der Waals surface area contributed by atoms with Crippen molar-refractivity contribution in [2.45, 2.75) is 19.8 Å². The summed E-state index contributed by atoms with van der Waals surface area (Å²) in [7, 11) is 0. The van der Waals surface area contributed by atoms with E-state index in [1.54, 1.807) is 25.1 Å². The molecule has 0 saturated heterocycles. The molecular formula is C26H22N6O4. The Balaban J connectivity index is 1.42. The summed E-state index contributed by atoms with van der Waals surface area (Å²) in [6.45, 7) is 1.86. The number of anilines is 1. The van der Waals surface area contributed by atoms with Crippen LogP contribution in [0.15, 0.2) is 71.7 Å². The number of rotatable bonds is 7. The Morgan fingerprint density at radius 3 is 2.61 bits per heavy atom. The van der Waals surface area contributed by atoms with Crippen molar-refractivity contribution in [3.05, 3.63) is 88.5 Å². The van der Waals surface area contributed by atoms with Crippen LogP contribution in [0, 0.1) is 0 Å². The number of aryl methyl sites for hydroxylation is 1. The Hall–Kier alpha value is -4.86. The number of amides is 1. The van der Waals surface area contributed by atoms with Gasteiger partial charge in [-0.15, -0.1) is 0 Å². The summed E-state index contributed by atoms with van der Waals surface area (Å²) in [5.74, 6) is -0.473. The van der Waals surface area contributed by atoms with Crippen LogP contribution < -0.4 is 10.9 Å². The van der Waals surface area contributed by atoms with Gasteiger partial charge in [-0.25, -0.2) is 14.8 Å². The minimum Gasteiger partial charge on any atom is -0.462 e. The van der Waals surface area contributed by atoms with Crippen LogP contribution in [0.2, 0.25) is 0 Å². The number of esters is 1. The highest BCUT2D eigenvalue weighted by atomic mass is 16.5. The Labute approximate surface area is 205 Å². The molecule has 0 spiro atoms. The van der Waals surface area contributed by atoms with Crippen LogP contribution in [0.3, 0.4) is 0 Å². The molecule has 0 aliphatic rings. The van der Waals surface area contributed by atoms with Crippen molar-refractivity contribution in [1.29, 1.82) is 0 Å². The van der Waals surface area contributed by atoms with Gasteiger partial charge in [0.15, 0.2) is 11.6 Å². The zero-order chi connectivity index (χ0) is 25.1. The third-order valence-electron chi connectivity index (χ3n) is 5.58. The van der Waals surface area contributed by atoms with Crippen LogP contribution in [-0.2, 0) is 16.0 Å². The van der Waals surface area contributed by atoms with E-state index in [2.05, 4.69) is 25.4 Å². The van der Waals surface area contributed by atoms with Gasteiger partial charge in [0.2, 0.25) is 5.91 Å². The average Bonchev–Trinajstić information content (AvgIpc) is 3.30. The van der Waals surface area contributed by atoms with Gasteiger partial charge in [-0.1, -0.05) is 30.3 Å². The van der Waals surface area contributed by atoms with Crippen molar-refractivity contribution in [1.82, 2.24) is 24.7 Å². The highest BCUT2D eigenvalue weighted by molar-refractivity contribution is 6.00. The van der Waals surface area contributed by atoms with Crippen molar-refractivity contribution in [3.8, 4) is 5.82 Å². The third kappa shape index (κ3) is 4.56. The molecule has 5 rings (SSSR count). The molecule has 3 aromatic heterocycles. The third-order valence-corrected chi connectivity index (χ3v) is 5.58. The maximum atomic E-state index is 12.9.